The summed E-state index contributed by atoms with van der Waals surface area (Å²) in [7, 11) is 0. The van der Waals surface area contributed by atoms with Crippen LogP contribution in [0.4, 0.5) is 4.79 Å². The van der Waals surface area contributed by atoms with Crippen molar-refractivity contribution in [3.63, 3.8) is 0 Å². The number of carbonyl (C=O) groups is 1. The number of fused-ring (bicyclic) bond motifs is 1. The molecule has 0 aliphatic carbocycles. The second-order valence-electron chi connectivity index (χ2n) is 8.06. The molecule has 2 atom stereocenters. The monoisotopic (exact) mass is 355 g/mol. The van der Waals surface area contributed by atoms with E-state index in [0.717, 1.165) is 19.3 Å². The van der Waals surface area contributed by atoms with Crippen molar-refractivity contribution in [1.82, 2.24) is 9.88 Å². The predicted molar refractivity (Wildman–Crippen MR) is 104 cm³/mol. The molecular formula is C21H29N3O2. The second-order valence-corrected chi connectivity index (χ2v) is 8.06. The van der Waals surface area contributed by atoms with Gasteiger partial charge < -0.3 is 10.5 Å². The molecule has 5 heteroatoms. The summed E-state index contributed by atoms with van der Waals surface area (Å²) in [6.45, 7) is 8.40. The lowest BCUT2D eigenvalue weighted by Crippen LogP contribution is -2.51. The van der Waals surface area contributed by atoms with Crippen LogP contribution >= 0.6 is 0 Å². The van der Waals surface area contributed by atoms with Crippen LogP contribution in [0.15, 0.2) is 30.6 Å². The van der Waals surface area contributed by atoms with Crippen LogP contribution in [0.25, 0.3) is 10.8 Å². The number of hydrogen-bond acceptors (Lipinski definition) is 4. The van der Waals surface area contributed by atoms with Gasteiger partial charge in [-0.15, -0.1) is 0 Å². The van der Waals surface area contributed by atoms with Gasteiger partial charge in [-0.2, -0.15) is 0 Å². The Morgan fingerprint density at radius 1 is 1.35 bits per heavy atom. The van der Waals surface area contributed by atoms with E-state index in [1.165, 1.54) is 21.9 Å². The summed E-state index contributed by atoms with van der Waals surface area (Å²) in [6, 6.07) is 6.40. The Labute approximate surface area is 155 Å². The van der Waals surface area contributed by atoms with Gasteiger partial charge in [-0.3, -0.25) is 9.88 Å². The molecule has 2 unspecified atom stereocenters. The number of hydrogen-bond donors (Lipinski definition) is 1. The predicted octanol–water partition coefficient (Wildman–Crippen LogP) is 4.20. The number of benzene rings is 1. The molecule has 140 valence electrons. The fraction of sp³-hybridized carbons (Fsp3) is 0.524. The van der Waals surface area contributed by atoms with Crippen molar-refractivity contribution in [2.45, 2.75) is 64.6 Å². The normalized spacial score (nSPS) is 21.0. The van der Waals surface area contributed by atoms with Crippen molar-refractivity contribution in [1.29, 1.82) is 0 Å². The second kappa shape index (κ2) is 7.23. The molecule has 1 amide bonds. The van der Waals surface area contributed by atoms with Gasteiger partial charge in [-0.1, -0.05) is 25.1 Å². The molecule has 5 nitrogen and oxygen atoms in total. The molecule has 26 heavy (non-hydrogen) atoms. The van der Waals surface area contributed by atoms with Crippen molar-refractivity contribution < 1.29 is 9.53 Å². The molecule has 1 aromatic carbocycles. The van der Waals surface area contributed by atoms with E-state index in [1.54, 1.807) is 4.90 Å². The van der Waals surface area contributed by atoms with Gasteiger partial charge in [-0.25, -0.2) is 4.79 Å². The largest absolute Gasteiger partial charge is 0.444 e. The number of rotatable bonds is 2. The number of likely N-dealkylation sites (tertiary alicyclic amines) is 1. The van der Waals surface area contributed by atoms with Gasteiger partial charge in [-0.05, 0) is 62.5 Å². The molecule has 1 aliphatic rings. The minimum atomic E-state index is -0.508. The van der Waals surface area contributed by atoms with Crippen molar-refractivity contribution in [2.24, 2.45) is 5.73 Å². The molecule has 0 spiro atoms. The van der Waals surface area contributed by atoms with E-state index in [-0.39, 0.29) is 12.3 Å². The standard InChI is InChI=1S/C21H29N3O2/c1-5-14-12-23-13-16-7-6-8-17(19(14)16)15-9-10-24(18(22)11-15)20(25)26-21(2,3)4/h6-8,12-13,15,18H,5,9-11,22H2,1-4H3. The Morgan fingerprint density at radius 2 is 2.12 bits per heavy atom. The van der Waals surface area contributed by atoms with Crippen LogP contribution in [0.5, 0.6) is 0 Å². The molecule has 0 bridgehead atoms. The average molecular weight is 355 g/mol. The van der Waals surface area contributed by atoms with E-state index < -0.39 is 5.60 Å². The number of aromatic nitrogens is 1. The lowest BCUT2D eigenvalue weighted by molar-refractivity contribution is 0.00893. The van der Waals surface area contributed by atoms with Gasteiger partial charge >= 0.3 is 6.09 Å². The fourth-order valence-electron chi connectivity index (χ4n) is 3.77. The summed E-state index contributed by atoms with van der Waals surface area (Å²) in [4.78, 5) is 18.4. The number of ether oxygens (including phenoxy) is 1. The third-order valence-electron chi connectivity index (χ3n) is 4.99. The molecule has 2 N–H and O–H groups in total. The molecule has 1 fully saturated rings. The zero-order valence-electron chi connectivity index (χ0n) is 16.2. The van der Waals surface area contributed by atoms with Gasteiger partial charge in [0.15, 0.2) is 0 Å². The van der Waals surface area contributed by atoms with Gasteiger partial charge in [0.05, 0.1) is 6.17 Å². The Kier molecular flexibility index (Phi) is 5.19. The number of nitrogens with zero attached hydrogens (tertiary/aromatic N) is 2. The van der Waals surface area contributed by atoms with Crippen LogP contribution < -0.4 is 5.73 Å². The smallest absolute Gasteiger partial charge is 0.411 e. The molecule has 0 radical (unpaired) electrons. The first kappa shape index (κ1) is 18.6. The van der Waals surface area contributed by atoms with Crippen LogP contribution in [0.1, 0.15) is 57.6 Å². The average Bonchev–Trinajstić information content (AvgIpc) is 2.59. The van der Waals surface area contributed by atoms with Crippen LogP contribution in [0.3, 0.4) is 0 Å². The molecule has 1 aromatic heterocycles. The Bertz CT molecular complexity index is 792. The summed E-state index contributed by atoms with van der Waals surface area (Å²) in [5, 5.41) is 2.47. The van der Waals surface area contributed by atoms with Crippen LogP contribution in [0.2, 0.25) is 0 Å². The Hall–Kier alpha value is -2.14. The number of piperidine rings is 1. The van der Waals surface area contributed by atoms with E-state index in [1.807, 2.05) is 33.2 Å². The zero-order valence-corrected chi connectivity index (χ0v) is 16.2. The van der Waals surface area contributed by atoms with E-state index in [2.05, 4.69) is 30.1 Å². The number of pyridine rings is 1. The zero-order chi connectivity index (χ0) is 18.9. The lowest BCUT2D eigenvalue weighted by Gasteiger charge is -2.38. The van der Waals surface area contributed by atoms with Gasteiger partial charge in [0.1, 0.15) is 5.60 Å². The Morgan fingerprint density at radius 3 is 2.77 bits per heavy atom. The lowest BCUT2D eigenvalue weighted by atomic mass is 9.84. The number of amides is 1. The van der Waals surface area contributed by atoms with Crippen molar-refractivity contribution in [2.75, 3.05) is 6.54 Å². The maximum atomic E-state index is 12.4. The molecule has 1 aliphatic heterocycles. The maximum absolute atomic E-state index is 12.4. The summed E-state index contributed by atoms with van der Waals surface area (Å²) in [5.74, 6) is 0.333. The number of carbonyl (C=O) groups excluding carboxylic acids is 1. The molecule has 1 saturated heterocycles. The highest BCUT2D eigenvalue weighted by atomic mass is 16.6. The van der Waals surface area contributed by atoms with E-state index in [4.69, 9.17) is 10.5 Å². The summed E-state index contributed by atoms with van der Waals surface area (Å²) >= 11 is 0. The third-order valence-corrected chi connectivity index (χ3v) is 4.99. The molecule has 0 saturated carbocycles. The minimum Gasteiger partial charge on any atom is -0.444 e. The summed E-state index contributed by atoms with van der Waals surface area (Å²) in [5.41, 5.74) is 8.43. The van der Waals surface area contributed by atoms with Gasteiger partial charge in [0, 0.05) is 24.3 Å². The molecule has 2 heterocycles. The number of nitrogens with two attached hydrogens (primary N) is 1. The fourth-order valence-corrected chi connectivity index (χ4v) is 3.77. The molecule has 3 rings (SSSR count). The van der Waals surface area contributed by atoms with Gasteiger partial charge in [0.2, 0.25) is 0 Å². The summed E-state index contributed by atoms with van der Waals surface area (Å²) in [6.07, 6.45) is 5.81. The van der Waals surface area contributed by atoms with Crippen LogP contribution in [0, 0.1) is 0 Å². The van der Waals surface area contributed by atoms with Crippen molar-refractivity contribution >= 4 is 16.9 Å². The van der Waals surface area contributed by atoms with Gasteiger partial charge in [0.25, 0.3) is 0 Å². The van der Waals surface area contributed by atoms with E-state index >= 15 is 0 Å². The Balaban J connectivity index is 1.84. The highest BCUT2D eigenvalue weighted by molar-refractivity contribution is 5.88. The first-order valence-corrected chi connectivity index (χ1v) is 9.41. The number of aryl methyl sites for hydroxylation is 1. The first-order chi connectivity index (χ1) is 12.3. The minimum absolute atomic E-state index is 0.320. The van der Waals surface area contributed by atoms with Crippen molar-refractivity contribution in [3.8, 4) is 0 Å². The molecule has 2 aromatic rings. The maximum Gasteiger partial charge on any atom is 0.411 e. The summed E-state index contributed by atoms with van der Waals surface area (Å²) < 4.78 is 5.49. The first-order valence-electron chi connectivity index (χ1n) is 9.41. The quantitative estimate of drug-likeness (QED) is 0.877. The van der Waals surface area contributed by atoms with Crippen LogP contribution in [-0.4, -0.2) is 34.3 Å². The topological polar surface area (TPSA) is 68.5 Å². The SMILES string of the molecule is CCc1cncc2cccc(C3CCN(C(=O)OC(C)(C)C)C(N)C3)c12. The van der Waals surface area contributed by atoms with Crippen molar-refractivity contribution in [3.05, 3.63) is 41.7 Å². The van der Waals surface area contributed by atoms with Crippen LogP contribution in [-0.2, 0) is 11.2 Å². The molecular weight excluding hydrogens is 326 g/mol. The van der Waals surface area contributed by atoms with E-state index in [0.29, 0.717) is 12.5 Å². The highest BCUT2D eigenvalue weighted by Crippen LogP contribution is 2.36. The van der Waals surface area contributed by atoms with E-state index in [9.17, 15) is 4.79 Å². The third kappa shape index (κ3) is 3.83. The highest BCUT2D eigenvalue weighted by Gasteiger charge is 2.33.